The van der Waals surface area contributed by atoms with Crippen LogP contribution in [0.1, 0.15) is 15.9 Å². The molecule has 0 amide bonds. The van der Waals surface area contributed by atoms with Crippen LogP contribution in [0.25, 0.3) is 21.7 Å². The summed E-state index contributed by atoms with van der Waals surface area (Å²) in [6, 6.07) is 15.8. The summed E-state index contributed by atoms with van der Waals surface area (Å²) >= 11 is 0. The molecule has 25 heavy (non-hydrogen) atoms. The molecule has 1 N–H and O–H groups in total. The van der Waals surface area contributed by atoms with Crippen LogP contribution in [0.3, 0.4) is 0 Å². The number of aromatic carboxylic acids is 1. The van der Waals surface area contributed by atoms with Crippen molar-refractivity contribution in [1.29, 1.82) is 0 Å². The quantitative estimate of drug-likeness (QED) is 0.582. The van der Waals surface area contributed by atoms with Crippen molar-refractivity contribution in [3.63, 3.8) is 0 Å². The molecule has 0 atom stereocenters. The molecule has 3 aromatic carbocycles. The Balaban J connectivity index is 1.85. The van der Waals surface area contributed by atoms with E-state index in [9.17, 15) is 18.7 Å². The van der Waals surface area contributed by atoms with Crippen LogP contribution in [0.2, 0.25) is 0 Å². The summed E-state index contributed by atoms with van der Waals surface area (Å²) in [6.07, 6.45) is 1.42. The molecule has 0 unspecified atom stereocenters. The second kappa shape index (κ2) is 5.70. The molecule has 0 aliphatic carbocycles. The molecule has 0 fully saturated rings. The fraction of sp³-hybridized carbons (Fsp3) is 0.0500. The standard InChI is InChI=1S/C20H13F2NO2/c21-17-8-15-16(20(24)25)11-23(19(15)9-18(17)22)10-12-5-6-13-3-1-2-4-14(13)7-12/h1-9,11H,10H2,(H,24,25). The Kier molecular flexibility index (Phi) is 3.50. The predicted octanol–water partition coefficient (Wildman–Crippen LogP) is 4.82. The van der Waals surface area contributed by atoms with E-state index >= 15 is 0 Å². The van der Waals surface area contributed by atoms with E-state index in [4.69, 9.17) is 0 Å². The van der Waals surface area contributed by atoms with Gasteiger partial charge >= 0.3 is 5.97 Å². The van der Waals surface area contributed by atoms with Crippen LogP contribution in [-0.4, -0.2) is 15.6 Å². The number of aromatic nitrogens is 1. The summed E-state index contributed by atoms with van der Waals surface area (Å²) in [4.78, 5) is 11.4. The Hall–Kier alpha value is -3.21. The molecular weight excluding hydrogens is 324 g/mol. The minimum atomic E-state index is -1.17. The van der Waals surface area contributed by atoms with E-state index in [0.29, 0.717) is 12.1 Å². The summed E-state index contributed by atoms with van der Waals surface area (Å²) in [7, 11) is 0. The van der Waals surface area contributed by atoms with Crippen molar-refractivity contribution in [3.05, 3.63) is 83.6 Å². The van der Waals surface area contributed by atoms with Crippen LogP contribution in [0.15, 0.2) is 60.8 Å². The maximum Gasteiger partial charge on any atom is 0.337 e. The average Bonchev–Trinajstić information content (AvgIpc) is 2.93. The van der Waals surface area contributed by atoms with Crippen LogP contribution in [0.4, 0.5) is 8.78 Å². The first-order valence-electron chi connectivity index (χ1n) is 7.72. The third-order valence-electron chi connectivity index (χ3n) is 4.32. The first-order chi connectivity index (χ1) is 12.0. The zero-order chi connectivity index (χ0) is 17.6. The predicted molar refractivity (Wildman–Crippen MR) is 91.9 cm³/mol. The van der Waals surface area contributed by atoms with Gasteiger partial charge in [-0.1, -0.05) is 36.4 Å². The molecule has 0 radical (unpaired) electrons. The van der Waals surface area contributed by atoms with Gasteiger partial charge in [-0.15, -0.1) is 0 Å². The van der Waals surface area contributed by atoms with Crippen LogP contribution >= 0.6 is 0 Å². The van der Waals surface area contributed by atoms with E-state index in [0.717, 1.165) is 28.5 Å². The van der Waals surface area contributed by atoms with Gasteiger partial charge in [0.25, 0.3) is 0 Å². The molecule has 0 aliphatic heterocycles. The van der Waals surface area contributed by atoms with E-state index in [1.54, 1.807) is 4.57 Å². The Morgan fingerprint density at radius 2 is 1.68 bits per heavy atom. The molecule has 1 aromatic heterocycles. The highest BCUT2D eigenvalue weighted by Crippen LogP contribution is 2.26. The van der Waals surface area contributed by atoms with Crippen molar-refractivity contribution < 1.29 is 18.7 Å². The zero-order valence-electron chi connectivity index (χ0n) is 13.0. The van der Waals surface area contributed by atoms with Crippen LogP contribution in [0, 0.1) is 11.6 Å². The summed E-state index contributed by atoms with van der Waals surface area (Å²) in [5, 5.41) is 11.7. The number of hydrogen-bond donors (Lipinski definition) is 1. The highest BCUT2D eigenvalue weighted by atomic mass is 19.2. The smallest absolute Gasteiger partial charge is 0.337 e. The van der Waals surface area contributed by atoms with Gasteiger partial charge in [-0.05, 0) is 28.5 Å². The summed E-state index contributed by atoms with van der Waals surface area (Å²) in [5.74, 6) is -3.23. The molecule has 4 aromatic rings. The monoisotopic (exact) mass is 337 g/mol. The number of halogens is 2. The Morgan fingerprint density at radius 1 is 0.960 bits per heavy atom. The number of fused-ring (bicyclic) bond motifs is 2. The molecule has 4 rings (SSSR count). The number of benzene rings is 3. The van der Waals surface area contributed by atoms with Gasteiger partial charge in [-0.3, -0.25) is 0 Å². The fourth-order valence-electron chi connectivity index (χ4n) is 3.12. The lowest BCUT2D eigenvalue weighted by molar-refractivity contribution is 0.0699. The molecule has 1 heterocycles. The van der Waals surface area contributed by atoms with Gasteiger partial charge in [0.2, 0.25) is 0 Å². The first-order valence-corrected chi connectivity index (χ1v) is 7.72. The molecule has 0 bridgehead atoms. The second-order valence-corrected chi connectivity index (χ2v) is 5.94. The molecule has 5 heteroatoms. The molecule has 0 saturated carbocycles. The zero-order valence-corrected chi connectivity index (χ0v) is 13.0. The van der Waals surface area contributed by atoms with Crippen molar-refractivity contribution in [2.75, 3.05) is 0 Å². The number of carboxylic acids is 1. The van der Waals surface area contributed by atoms with Gasteiger partial charge in [-0.2, -0.15) is 0 Å². The SMILES string of the molecule is O=C(O)c1cn(Cc2ccc3ccccc3c2)c2cc(F)c(F)cc12. The Bertz CT molecular complexity index is 1130. The second-order valence-electron chi connectivity index (χ2n) is 5.94. The van der Waals surface area contributed by atoms with Gasteiger partial charge in [0.1, 0.15) is 0 Å². The average molecular weight is 337 g/mol. The van der Waals surface area contributed by atoms with Crippen molar-refractivity contribution in [3.8, 4) is 0 Å². The Morgan fingerprint density at radius 3 is 2.44 bits per heavy atom. The van der Waals surface area contributed by atoms with Gasteiger partial charge in [-0.25, -0.2) is 13.6 Å². The third-order valence-corrected chi connectivity index (χ3v) is 4.32. The lowest BCUT2D eigenvalue weighted by atomic mass is 10.1. The van der Waals surface area contributed by atoms with E-state index in [1.165, 1.54) is 6.20 Å². The van der Waals surface area contributed by atoms with E-state index in [2.05, 4.69) is 0 Å². The van der Waals surface area contributed by atoms with Crippen molar-refractivity contribution in [2.45, 2.75) is 6.54 Å². The van der Waals surface area contributed by atoms with Crippen LogP contribution < -0.4 is 0 Å². The van der Waals surface area contributed by atoms with Crippen molar-refractivity contribution >= 4 is 27.6 Å². The van der Waals surface area contributed by atoms with E-state index in [1.807, 2.05) is 42.5 Å². The molecule has 0 spiro atoms. The first kappa shape index (κ1) is 15.3. The number of rotatable bonds is 3. The minimum Gasteiger partial charge on any atom is -0.478 e. The molecule has 3 nitrogen and oxygen atoms in total. The third kappa shape index (κ3) is 2.63. The normalized spacial score (nSPS) is 11.3. The highest BCUT2D eigenvalue weighted by molar-refractivity contribution is 6.03. The number of carbonyl (C=O) groups is 1. The lowest BCUT2D eigenvalue weighted by Crippen LogP contribution is -1.99. The van der Waals surface area contributed by atoms with Crippen molar-refractivity contribution in [1.82, 2.24) is 4.57 Å². The number of hydrogen-bond acceptors (Lipinski definition) is 1. The maximum atomic E-state index is 13.7. The topological polar surface area (TPSA) is 42.2 Å². The summed E-state index contributed by atoms with van der Waals surface area (Å²) in [5.41, 5.74) is 1.25. The summed E-state index contributed by atoms with van der Waals surface area (Å²) in [6.45, 7) is 0.361. The highest BCUT2D eigenvalue weighted by Gasteiger charge is 2.17. The molecule has 0 aliphatic rings. The van der Waals surface area contributed by atoms with Crippen molar-refractivity contribution in [2.24, 2.45) is 0 Å². The lowest BCUT2D eigenvalue weighted by Gasteiger charge is -2.07. The molecule has 0 saturated heterocycles. The minimum absolute atomic E-state index is 0.0466. The van der Waals surface area contributed by atoms with Gasteiger partial charge in [0.05, 0.1) is 11.1 Å². The number of carboxylic acid groups (broad SMARTS) is 1. The van der Waals surface area contributed by atoms with E-state index < -0.39 is 17.6 Å². The van der Waals surface area contributed by atoms with Crippen LogP contribution in [0.5, 0.6) is 0 Å². The van der Waals surface area contributed by atoms with E-state index in [-0.39, 0.29) is 10.9 Å². The maximum absolute atomic E-state index is 13.7. The Labute approximate surface area is 141 Å². The van der Waals surface area contributed by atoms with Gasteiger partial charge in [0.15, 0.2) is 11.6 Å². The summed E-state index contributed by atoms with van der Waals surface area (Å²) < 4.78 is 28.8. The molecule has 124 valence electrons. The number of nitrogens with zero attached hydrogens (tertiary/aromatic N) is 1. The van der Waals surface area contributed by atoms with Gasteiger partial charge in [0, 0.05) is 24.2 Å². The molecular formula is C20H13F2NO2. The van der Waals surface area contributed by atoms with Crippen LogP contribution in [-0.2, 0) is 6.54 Å². The van der Waals surface area contributed by atoms with Gasteiger partial charge < -0.3 is 9.67 Å². The largest absolute Gasteiger partial charge is 0.478 e. The fourth-order valence-corrected chi connectivity index (χ4v) is 3.12.